The van der Waals surface area contributed by atoms with Gasteiger partial charge in [0.15, 0.2) is 0 Å². The number of aromatic nitrogens is 2. The number of para-hydroxylation sites is 1. The van der Waals surface area contributed by atoms with Gasteiger partial charge in [-0.3, -0.25) is 4.98 Å². The summed E-state index contributed by atoms with van der Waals surface area (Å²) < 4.78 is 1.97. The molecule has 1 unspecified atom stereocenters. The van der Waals surface area contributed by atoms with Crippen molar-refractivity contribution in [1.29, 1.82) is 0 Å². The van der Waals surface area contributed by atoms with E-state index in [0.717, 1.165) is 28.6 Å². The highest BCUT2D eigenvalue weighted by atomic mass is 16.3. The Kier molecular flexibility index (Phi) is 3.05. The first kappa shape index (κ1) is 11.9. The summed E-state index contributed by atoms with van der Waals surface area (Å²) in [5.74, 6) is 0. The average Bonchev–Trinajstić information content (AvgIpc) is 2.77. The SMILES string of the molecule is CC(O)n1c(Cc2cccnc2)cc2ccccc21. The van der Waals surface area contributed by atoms with Gasteiger partial charge in [0.2, 0.25) is 0 Å². The molecule has 0 saturated carbocycles. The summed E-state index contributed by atoms with van der Waals surface area (Å²) >= 11 is 0. The third-order valence-corrected chi connectivity index (χ3v) is 3.31. The van der Waals surface area contributed by atoms with Crippen molar-refractivity contribution in [3.63, 3.8) is 0 Å². The second kappa shape index (κ2) is 4.86. The lowest BCUT2D eigenvalue weighted by molar-refractivity contribution is 0.127. The first-order valence-corrected chi connectivity index (χ1v) is 6.41. The zero-order valence-electron chi connectivity index (χ0n) is 10.8. The molecule has 1 N–H and O–H groups in total. The van der Waals surface area contributed by atoms with Crippen molar-refractivity contribution in [2.24, 2.45) is 0 Å². The molecule has 19 heavy (non-hydrogen) atoms. The normalized spacial score (nSPS) is 12.7. The molecule has 0 spiro atoms. The van der Waals surface area contributed by atoms with Crippen molar-refractivity contribution in [2.75, 3.05) is 0 Å². The van der Waals surface area contributed by atoms with E-state index < -0.39 is 6.23 Å². The lowest BCUT2D eigenvalue weighted by atomic mass is 10.1. The maximum Gasteiger partial charge on any atom is 0.128 e. The molecule has 0 bridgehead atoms. The Bertz CT molecular complexity index is 686. The van der Waals surface area contributed by atoms with Gasteiger partial charge in [-0.25, -0.2) is 0 Å². The number of nitrogens with zero attached hydrogens (tertiary/aromatic N) is 2. The maximum atomic E-state index is 10.0. The van der Waals surface area contributed by atoms with Gasteiger partial charge >= 0.3 is 0 Å². The standard InChI is InChI=1S/C16H16N2O/c1-12(19)18-15(9-13-5-4-8-17-11-13)10-14-6-2-3-7-16(14)18/h2-8,10-12,19H,9H2,1H3. The van der Waals surface area contributed by atoms with Crippen LogP contribution in [0.4, 0.5) is 0 Å². The van der Waals surface area contributed by atoms with Crippen molar-refractivity contribution in [2.45, 2.75) is 19.6 Å². The summed E-state index contributed by atoms with van der Waals surface area (Å²) in [5, 5.41) is 11.2. The summed E-state index contributed by atoms with van der Waals surface area (Å²) in [4.78, 5) is 4.14. The van der Waals surface area contributed by atoms with Gasteiger partial charge in [-0.15, -0.1) is 0 Å². The van der Waals surface area contributed by atoms with E-state index in [4.69, 9.17) is 0 Å². The van der Waals surface area contributed by atoms with Crippen molar-refractivity contribution in [3.8, 4) is 0 Å². The van der Waals surface area contributed by atoms with Gasteiger partial charge < -0.3 is 9.67 Å². The number of pyridine rings is 1. The van der Waals surface area contributed by atoms with E-state index in [1.807, 2.05) is 35.0 Å². The van der Waals surface area contributed by atoms with Crippen LogP contribution in [0.1, 0.15) is 24.4 Å². The second-order valence-corrected chi connectivity index (χ2v) is 4.73. The van der Waals surface area contributed by atoms with E-state index in [0.29, 0.717) is 0 Å². The Morgan fingerprint density at radius 2 is 2.05 bits per heavy atom. The monoisotopic (exact) mass is 252 g/mol. The van der Waals surface area contributed by atoms with Gasteiger partial charge in [-0.05, 0) is 36.1 Å². The largest absolute Gasteiger partial charge is 0.374 e. The fourth-order valence-electron chi connectivity index (χ4n) is 2.52. The number of benzene rings is 1. The van der Waals surface area contributed by atoms with E-state index in [1.165, 1.54) is 0 Å². The minimum Gasteiger partial charge on any atom is -0.374 e. The number of hydrogen-bond acceptors (Lipinski definition) is 2. The topological polar surface area (TPSA) is 38.0 Å². The second-order valence-electron chi connectivity index (χ2n) is 4.73. The van der Waals surface area contributed by atoms with E-state index in [-0.39, 0.29) is 0 Å². The summed E-state index contributed by atoms with van der Waals surface area (Å²) in [7, 11) is 0. The molecular weight excluding hydrogens is 236 g/mol. The van der Waals surface area contributed by atoms with Crippen LogP contribution < -0.4 is 0 Å². The molecule has 0 aliphatic heterocycles. The van der Waals surface area contributed by atoms with Crippen LogP contribution in [0.5, 0.6) is 0 Å². The smallest absolute Gasteiger partial charge is 0.128 e. The predicted molar refractivity (Wildman–Crippen MR) is 75.9 cm³/mol. The molecule has 2 aromatic heterocycles. The fraction of sp³-hybridized carbons (Fsp3) is 0.188. The van der Waals surface area contributed by atoms with Crippen LogP contribution in [-0.2, 0) is 6.42 Å². The van der Waals surface area contributed by atoms with Gasteiger partial charge in [0, 0.05) is 24.5 Å². The van der Waals surface area contributed by atoms with Crippen LogP contribution in [0, 0.1) is 0 Å². The molecular formula is C16H16N2O. The minimum atomic E-state index is -0.536. The Morgan fingerprint density at radius 3 is 2.79 bits per heavy atom. The maximum absolute atomic E-state index is 10.0. The van der Waals surface area contributed by atoms with E-state index in [2.05, 4.69) is 23.2 Å². The lowest BCUT2D eigenvalue weighted by Crippen LogP contribution is -2.08. The minimum absolute atomic E-state index is 0.536. The van der Waals surface area contributed by atoms with Crippen LogP contribution in [0.2, 0.25) is 0 Å². The summed E-state index contributed by atoms with van der Waals surface area (Å²) in [6.07, 6.45) is 3.87. The highest BCUT2D eigenvalue weighted by molar-refractivity contribution is 5.81. The first-order chi connectivity index (χ1) is 9.25. The number of hydrogen-bond donors (Lipinski definition) is 1. The zero-order chi connectivity index (χ0) is 13.2. The van der Waals surface area contributed by atoms with Crippen LogP contribution in [-0.4, -0.2) is 14.7 Å². The summed E-state index contributed by atoms with van der Waals surface area (Å²) in [6.45, 7) is 1.79. The number of fused-ring (bicyclic) bond motifs is 1. The van der Waals surface area contributed by atoms with Gasteiger partial charge in [0.05, 0.1) is 5.52 Å². The van der Waals surface area contributed by atoms with Gasteiger partial charge in [0.25, 0.3) is 0 Å². The highest BCUT2D eigenvalue weighted by Crippen LogP contribution is 2.24. The molecule has 3 rings (SSSR count). The summed E-state index contributed by atoms with van der Waals surface area (Å²) in [5.41, 5.74) is 3.31. The zero-order valence-corrected chi connectivity index (χ0v) is 10.8. The number of aliphatic hydroxyl groups excluding tert-OH is 1. The molecule has 3 nitrogen and oxygen atoms in total. The van der Waals surface area contributed by atoms with E-state index >= 15 is 0 Å². The van der Waals surface area contributed by atoms with Crippen molar-refractivity contribution >= 4 is 10.9 Å². The van der Waals surface area contributed by atoms with Gasteiger partial charge in [-0.1, -0.05) is 24.3 Å². The molecule has 0 amide bonds. The van der Waals surface area contributed by atoms with Gasteiger partial charge in [-0.2, -0.15) is 0 Å². The molecule has 1 aromatic carbocycles. The molecule has 0 radical (unpaired) electrons. The van der Waals surface area contributed by atoms with Crippen LogP contribution in [0.15, 0.2) is 54.9 Å². The summed E-state index contributed by atoms with van der Waals surface area (Å²) in [6, 6.07) is 14.2. The number of rotatable bonds is 3. The number of aliphatic hydroxyl groups is 1. The van der Waals surface area contributed by atoms with Crippen LogP contribution in [0.3, 0.4) is 0 Å². The molecule has 0 aliphatic rings. The van der Waals surface area contributed by atoms with E-state index in [1.54, 1.807) is 13.1 Å². The molecule has 0 fully saturated rings. The Hall–Kier alpha value is -2.13. The lowest BCUT2D eigenvalue weighted by Gasteiger charge is -2.13. The Morgan fingerprint density at radius 1 is 1.21 bits per heavy atom. The third-order valence-electron chi connectivity index (χ3n) is 3.31. The fourth-order valence-corrected chi connectivity index (χ4v) is 2.52. The van der Waals surface area contributed by atoms with Crippen molar-refractivity contribution < 1.29 is 5.11 Å². The highest BCUT2D eigenvalue weighted by Gasteiger charge is 2.12. The molecule has 0 saturated heterocycles. The first-order valence-electron chi connectivity index (χ1n) is 6.41. The van der Waals surface area contributed by atoms with Crippen LogP contribution >= 0.6 is 0 Å². The Balaban J connectivity index is 2.10. The van der Waals surface area contributed by atoms with Crippen molar-refractivity contribution in [3.05, 3.63) is 66.1 Å². The van der Waals surface area contributed by atoms with E-state index in [9.17, 15) is 5.11 Å². The predicted octanol–water partition coefficient (Wildman–Crippen LogP) is 3.14. The molecule has 3 heteroatoms. The molecule has 3 aromatic rings. The van der Waals surface area contributed by atoms with Crippen molar-refractivity contribution in [1.82, 2.24) is 9.55 Å². The molecule has 96 valence electrons. The van der Waals surface area contributed by atoms with Gasteiger partial charge in [0.1, 0.15) is 6.23 Å². The third kappa shape index (κ3) is 2.25. The van der Waals surface area contributed by atoms with Crippen LogP contribution in [0.25, 0.3) is 10.9 Å². The molecule has 0 aliphatic carbocycles. The Labute approximate surface area is 112 Å². The molecule has 1 atom stereocenters. The molecule has 2 heterocycles. The average molecular weight is 252 g/mol. The quantitative estimate of drug-likeness (QED) is 0.777.